The highest BCUT2D eigenvalue weighted by atomic mass is 16.2. The molecule has 1 unspecified atom stereocenters. The Labute approximate surface area is 112 Å². The number of nitrogens with zero attached hydrogens (tertiary/aromatic N) is 2. The van der Waals surface area contributed by atoms with E-state index < -0.39 is 0 Å². The second-order valence-corrected chi connectivity index (χ2v) is 4.97. The lowest BCUT2D eigenvalue weighted by Crippen LogP contribution is -2.24. The van der Waals surface area contributed by atoms with Gasteiger partial charge in [-0.3, -0.25) is 9.78 Å². The summed E-state index contributed by atoms with van der Waals surface area (Å²) in [6.07, 6.45) is 2.45. The summed E-state index contributed by atoms with van der Waals surface area (Å²) in [7, 11) is 0. The van der Waals surface area contributed by atoms with Crippen molar-refractivity contribution in [3.8, 4) is 0 Å². The summed E-state index contributed by atoms with van der Waals surface area (Å²) in [5.41, 5.74) is 1.92. The lowest BCUT2D eigenvalue weighted by atomic mass is 10.1. The largest absolute Gasteiger partial charge is 0.336 e. The molecule has 1 amide bonds. The molecule has 3 rings (SSSR count). The molecule has 1 atom stereocenters. The second kappa shape index (κ2) is 4.84. The van der Waals surface area contributed by atoms with E-state index in [4.69, 9.17) is 0 Å². The van der Waals surface area contributed by atoms with Gasteiger partial charge in [0.15, 0.2) is 0 Å². The number of benzene rings is 1. The molecule has 1 fully saturated rings. The van der Waals surface area contributed by atoms with E-state index in [0.717, 1.165) is 23.1 Å². The lowest BCUT2D eigenvalue weighted by molar-refractivity contribution is -0.128. The van der Waals surface area contributed by atoms with Crippen LogP contribution in [-0.2, 0) is 11.3 Å². The zero-order valence-corrected chi connectivity index (χ0v) is 10.7. The summed E-state index contributed by atoms with van der Waals surface area (Å²) in [4.78, 5) is 18.3. The molecule has 19 heavy (non-hydrogen) atoms. The molecule has 3 nitrogen and oxygen atoms in total. The van der Waals surface area contributed by atoms with Gasteiger partial charge in [-0.1, -0.05) is 30.3 Å². The number of hydrogen-bond acceptors (Lipinski definition) is 2. The summed E-state index contributed by atoms with van der Waals surface area (Å²) < 4.78 is 0. The van der Waals surface area contributed by atoms with Crippen molar-refractivity contribution in [1.29, 1.82) is 0 Å². The van der Waals surface area contributed by atoms with Crippen LogP contribution in [0.25, 0.3) is 10.9 Å². The van der Waals surface area contributed by atoms with Crippen LogP contribution in [0.1, 0.15) is 12.1 Å². The summed E-state index contributed by atoms with van der Waals surface area (Å²) in [5, 5.41) is 1.13. The maximum absolute atomic E-state index is 11.9. The van der Waals surface area contributed by atoms with E-state index in [1.807, 2.05) is 41.3 Å². The first-order valence-electron chi connectivity index (χ1n) is 6.51. The Morgan fingerprint density at radius 2 is 2.16 bits per heavy atom. The van der Waals surface area contributed by atoms with Crippen molar-refractivity contribution in [2.24, 2.45) is 5.92 Å². The number of para-hydroxylation sites is 1. The third-order valence-electron chi connectivity index (χ3n) is 3.59. The molecule has 0 radical (unpaired) electrons. The Balaban J connectivity index is 1.82. The fourth-order valence-corrected chi connectivity index (χ4v) is 2.51. The number of amides is 1. The molecule has 0 bridgehead atoms. The highest BCUT2D eigenvalue weighted by Crippen LogP contribution is 2.21. The van der Waals surface area contributed by atoms with Crippen molar-refractivity contribution in [3.63, 3.8) is 0 Å². The van der Waals surface area contributed by atoms with Crippen molar-refractivity contribution in [2.75, 3.05) is 6.54 Å². The average Bonchev–Trinajstić information content (AvgIpc) is 2.79. The van der Waals surface area contributed by atoms with Crippen LogP contribution < -0.4 is 0 Å². The Kier molecular flexibility index (Phi) is 3.03. The number of carbonyl (C=O) groups is 1. The molecule has 1 saturated heterocycles. The molecule has 96 valence electrons. The summed E-state index contributed by atoms with van der Waals surface area (Å²) in [6.45, 7) is 5.12. The van der Waals surface area contributed by atoms with Gasteiger partial charge in [0.05, 0.1) is 17.8 Å². The normalized spacial score (nSPS) is 19.1. The molecular weight excluding hydrogens is 236 g/mol. The first-order valence-corrected chi connectivity index (χ1v) is 6.51. The van der Waals surface area contributed by atoms with E-state index in [1.165, 1.54) is 0 Å². The highest BCUT2D eigenvalue weighted by molar-refractivity contribution is 5.80. The highest BCUT2D eigenvalue weighted by Gasteiger charge is 2.27. The first-order chi connectivity index (χ1) is 9.26. The van der Waals surface area contributed by atoms with Crippen molar-refractivity contribution >= 4 is 16.8 Å². The molecule has 2 aromatic rings. The fourth-order valence-electron chi connectivity index (χ4n) is 2.51. The number of carbonyl (C=O) groups excluding carboxylic acids is 1. The molecule has 1 aromatic heterocycles. The van der Waals surface area contributed by atoms with Crippen molar-refractivity contribution in [2.45, 2.75) is 13.0 Å². The summed E-state index contributed by atoms with van der Waals surface area (Å²) >= 11 is 0. The van der Waals surface area contributed by atoms with Gasteiger partial charge in [-0.25, -0.2) is 0 Å². The second-order valence-electron chi connectivity index (χ2n) is 4.97. The predicted molar refractivity (Wildman–Crippen MR) is 75.5 cm³/mol. The van der Waals surface area contributed by atoms with Gasteiger partial charge in [-0.2, -0.15) is 0 Å². The Bertz CT molecular complexity index is 635. The zero-order valence-electron chi connectivity index (χ0n) is 10.7. The number of aromatic nitrogens is 1. The van der Waals surface area contributed by atoms with Gasteiger partial charge in [0.2, 0.25) is 5.91 Å². The molecule has 1 aliphatic heterocycles. The topological polar surface area (TPSA) is 33.2 Å². The standard InChI is InChI=1S/C16H16N2O/c1-2-12-9-16(19)18(10-12)11-14-8-7-13-5-3-4-6-15(13)17-14/h2-8,12H,1,9-11H2. The van der Waals surface area contributed by atoms with Crippen LogP contribution in [-0.4, -0.2) is 22.3 Å². The van der Waals surface area contributed by atoms with Crippen LogP contribution in [0.5, 0.6) is 0 Å². The van der Waals surface area contributed by atoms with E-state index in [2.05, 4.69) is 17.6 Å². The Morgan fingerprint density at radius 1 is 1.32 bits per heavy atom. The van der Waals surface area contributed by atoms with Crippen LogP contribution >= 0.6 is 0 Å². The number of pyridine rings is 1. The monoisotopic (exact) mass is 252 g/mol. The fraction of sp³-hybridized carbons (Fsp3) is 0.250. The van der Waals surface area contributed by atoms with E-state index in [1.54, 1.807) is 0 Å². The number of rotatable bonds is 3. The van der Waals surface area contributed by atoms with E-state index >= 15 is 0 Å². The minimum atomic E-state index is 0.194. The van der Waals surface area contributed by atoms with Crippen molar-refractivity contribution in [1.82, 2.24) is 9.88 Å². The minimum Gasteiger partial charge on any atom is -0.336 e. The Hall–Kier alpha value is -2.16. The molecule has 3 heteroatoms. The molecule has 0 saturated carbocycles. The van der Waals surface area contributed by atoms with E-state index in [0.29, 0.717) is 13.0 Å². The molecule has 1 aliphatic rings. The third-order valence-corrected chi connectivity index (χ3v) is 3.59. The van der Waals surface area contributed by atoms with E-state index in [-0.39, 0.29) is 11.8 Å². The van der Waals surface area contributed by atoms with Crippen LogP contribution in [0.3, 0.4) is 0 Å². The SMILES string of the molecule is C=CC1CC(=O)N(Cc2ccc3ccccc3n2)C1. The van der Waals surface area contributed by atoms with Gasteiger partial charge in [0.1, 0.15) is 0 Å². The summed E-state index contributed by atoms with van der Waals surface area (Å²) in [5.74, 6) is 0.479. The third kappa shape index (κ3) is 2.36. The minimum absolute atomic E-state index is 0.194. The molecule has 0 spiro atoms. The lowest BCUT2D eigenvalue weighted by Gasteiger charge is -2.15. The van der Waals surface area contributed by atoms with Crippen LogP contribution in [0.15, 0.2) is 49.1 Å². The first kappa shape index (κ1) is 11.9. The number of hydrogen-bond donors (Lipinski definition) is 0. The van der Waals surface area contributed by atoms with Gasteiger partial charge in [-0.15, -0.1) is 6.58 Å². The number of likely N-dealkylation sites (tertiary alicyclic amines) is 1. The van der Waals surface area contributed by atoms with Gasteiger partial charge >= 0.3 is 0 Å². The average molecular weight is 252 g/mol. The van der Waals surface area contributed by atoms with Gasteiger partial charge < -0.3 is 4.90 Å². The summed E-state index contributed by atoms with van der Waals surface area (Å²) in [6, 6.07) is 12.1. The maximum Gasteiger partial charge on any atom is 0.223 e. The molecular formula is C16H16N2O. The van der Waals surface area contributed by atoms with Gasteiger partial charge in [-0.05, 0) is 12.1 Å². The zero-order chi connectivity index (χ0) is 13.2. The van der Waals surface area contributed by atoms with Crippen LogP contribution in [0.2, 0.25) is 0 Å². The Morgan fingerprint density at radius 3 is 2.95 bits per heavy atom. The predicted octanol–water partition coefficient (Wildman–Crippen LogP) is 2.77. The van der Waals surface area contributed by atoms with Crippen molar-refractivity contribution in [3.05, 3.63) is 54.7 Å². The van der Waals surface area contributed by atoms with Crippen molar-refractivity contribution < 1.29 is 4.79 Å². The smallest absolute Gasteiger partial charge is 0.223 e. The van der Waals surface area contributed by atoms with E-state index in [9.17, 15) is 4.79 Å². The quantitative estimate of drug-likeness (QED) is 0.787. The molecule has 0 N–H and O–H groups in total. The van der Waals surface area contributed by atoms with Gasteiger partial charge in [0, 0.05) is 24.3 Å². The molecule has 2 heterocycles. The van der Waals surface area contributed by atoms with Crippen LogP contribution in [0, 0.1) is 5.92 Å². The molecule has 0 aliphatic carbocycles. The number of fused-ring (bicyclic) bond motifs is 1. The maximum atomic E-state index is 11.9. The van der Waals surface area contributed by atoms with Crippen LogP contribution in [0.4, 0.5) is 0 Å². The molecule has 1 aromatic carbocycles. The van der Waals surface area contributed by atoms with Gasteiger partial charge in [0.25, 0.3) is 0 Å².